The zero-order chi connectivity index (χ0) is 11.1. The van der Waals surface area contributed by atoms with Crippen LogP contribution in [0.1, 0.15) is 20.8 Å². The summed E-state index contributed by atoms with van der Waals surface area (Å²) >= 11 is 2.91. The SMILES string of the molecule is CC(C)(C)C(=O)N=c1nc2sccn2s1. The van der Waals surface area contributed by atoms with E-state index in [1.165, 1.54) is 22.9 Å². The fourth-order valence-corrected chi connectivity index (χ4v) is 2.55. The first-order valence-corrected chi connectivity index (χ1v) is 6.14. The zero-order valence-electron chi connectivity index (χ0n) is 8.72. The monoisotopic (exact) mass is 241 g/mol. The summed E-state index contributed by atoms with van der Waals surface area (Å²) in [7, 11) is 0. The van der Waals surface area contributed by atoms with Crippen LogP contribution in [0.4, 0.5) is 0 Å². The molecule has 0 spiro atoms. The Bertz CT molecular complexity index is 524. The number of fused-ring (bicyclic) bond motifs is 1. The maximum absolute atomic E-state index is 11.6. The lowest BCUT2D eigenvalue weighted by Gasteiger charge is -2.10. The van der Waals surface area contributed by atoms with Gasteiger partial charge in [0.1, 0.15) is 0 Å². The molecular formula is C9H11N3OS2. The van der Waals surface area contributed by atoms with Crippen molar-refractivity contribution in [1.82, 2.24) is 8.77 Å². The lowest BCUT2D eigenvalue weighted by molar-refractivity contribution is -0.125. The van der Waals surface area contributed by atoms with Crippen LogP contribution < -0.4 is 4.80 Å². The second-order valence-corrected chi connectivity index (χ2v) is 5.98. The normalized spacial score (nSPS) is 13.7. The Morgan fingerprint density at radius 1 is 1.53 bits per heavy atom. The summed E-state index contributed by atoms with van der Waals surface area (Å²) in [6, 6.07) is 0. The molecule has 2 aromatic rings. The lowest BCUT2D eigenvalue weighted by atomic mass is 9.96. The predicted molar refractivity (Wildman–Crippen MR) is 61.0 cm³/mol. The second-order valence-electron chi connectivity index (χ2n) is 4.16. The molecule has 4 nitrogen and oxygen atoms in total. The van der Waals surface area contributed by atoms with Crippen molar-refractivity contribution < 1.29 is 4.79 Å². The predicted octanol–water partition coefficient (Wildman–Crippen LogP) is 1.93. The Hall–Kier alpha value is -1.01. The van der Waals surface area contributed by atoms with E-state index in [1.54, 1.807) is 0 Å². The molecule has 6 heteroatoms. The van der Waals surface area contributed by atoms with Gasteiger partial charge in [0.15, 0.2) is 0 Å². The average Bonchev–Trinajstić information content (AvgIpc) is 2.61. The molecule has 0 unspecified atom stereocenters. The van der Waals surface area contributed by atoms with Crippen molar-refractivity contribution in [2.45, 2.75) is 20.8 Å². The van der Waals surface area contributed by atoms with Crippen molar-refractivity contribution >= 4 is 33.7 Å². The first-order valence-electron chi connectivity index (χ1n) is 4.49. The molecule has 1 amide bonds. The number of nitrogens with zero attached hydrogens (tertiary/aromatic N) is 3. The highest BCUT2D eigenvalue weighted by atomic mass is 32.1. The van der Waals surface area contributed by atoms with Crippen LogP contribution in [0, 0.1) is 5.41 Å². The molecule has 0 N–H and O–H groups in total. The Morgan fingerprint density at radius 3 is 2.87 bits per heavy atom. The van der Waals surface area contributed by atoms with Crippen LogP contribution in [-0.2, 0) is 4.79 Å². The molecule has 0 bridgehead atoms. The largest absolute Gasteiger partial charge is 0.272 e. The fourth-order valence-electron chi connectivity index (χ4n) is 0.898. The summed E-state index contributed by atoms with van der Waals surface area (Å²) in [5.74, 6) is -0.135. The van der Waals surface area contributed by atoms with E-state index in [-0.39, 0.29) is 5.91 Å². The third-order valence-electron chi connectivity index (χ3n) is 1.77. The van der Waals surface area contributed by atoms with Crippen molar-refractivity contribution in [1.29, 1.82) is 0 Å². The van der Waals surface area contributed by atoms with Gasteiger partial charge in [-0.2, -0.15) is 9.98 Å². The Morgan fingerprint density at radius 2 is 2.27 bits per heavy atom. The third kappa shape index (κ3) is 2.15. The first kappa shape index (κ1) is 10.5. The molecule has 2 heterocycles. The number of aromatic nitrogens is 2. The summed E-state index contributed by atoms with van der Waals surface area (Å²) in [6.45, 7) is 5.55. The van der Waals surface area contributed by atoms with Crippen LogP contribution in [0.2, 0.25) is 0 Å². The second kappa shape index (κ2) is 3.53. The maximum Gasteiger partial charge on any atom is 0.253 e. The smallest absolute Gasteiger partial charge is 0.253 e. The quantitative estimate of drug-likeness (QED) is 0.707. The van der Waals surface area contributed by atoms with Crippen LogP contribution >= 0.6 is 22.9 Å². The third-order valence-corrected chi connectivity index (χ3v) is 3.48. The summed E-state index contributed by atoms with van der Waals surface area (Å²) < 4.78 is 1.90. The van der Waals surface area contributed by atoms with Gasteiger partial charge in [0.2, 0.25) is 9.76 Å². The van der Waals surface area contributed by atoms with Gasteiger partial charge in [-0.1, -0.05) is 20.8 Å². The Labute approximate surface area is 95.1 Å². The minimum atomic E-state index is -0.441. The van der Waals surface area contributed by atoms with Gasteiger partial charge in [-0.25, -0.2) is 3.79 Å². The first-order chi connectivity index (χ1) is 6.97. The summed E-state index contributed by atoms with van der Waals surface area (Å²) in [5.41, 5.74) is -0.441. The van der Waals surface area contributed by atoms with E-state index >= 15 is 0 Å². The molecule has 0 saturated heterocycles. The number of thiazole rings is 1. The molecule has 0 aromatic carbocycles. The van der Waals surface area contributed by atoms with Crippen molar-refractivity contribution in [2.75, 3.05) is 0 Å². The van der Waals surface area contributed by atoms with Gasteiger partial charge in [0, 0.05) is 17.0 Å². The van der Waals surface area contributed by atoms with Gasteiger partial charge < -0.3 is 0 Å². The summed E-state index contributed by atoms with van der Waals surface area (Å²) in [4.78, 5) is 21.3. The molecule has 2 rings (SSSR count). The fraction of sp³-hybridized carbons (Fsp3) is 0.444. The highest BCUT2D eigenvalue weighted by molar-refractivity contribution is 7.17. The molecule has 2 aromatic heterocycles. The van der Waals surface area contributed by atoms with Crippen LogP contribution in [0.3, 0.4) is 0 Å². The van der Waals surface area contributed by atoms with Crippen LogP contribution in [0.15, 0.2) is 16.6 Å². The maximum atomic E-state index is 11.6. The highest BCUT2D eigenvalue weighted by Crippen LogP contribution is 2.15. The number of rotatable bonds is 0. The van der Waals surface area contributed by atoms with Gasteiger partial charge in [0.25, 0.3) is 5.91 Å². The Balaban J connectivity index is 2.43. The molecule has 0 aliphatic heterocycles. The van der Waals surface area contributed by atoms with Crippen LogP contribution in [0.25, 0.3) is 4.96 Å². The molecular weight excluding hydrogens is 230 g/mol. The number of carbonyl (C=O) groups is 1. The van der Waals surface area contributed by atoms with E-state index in [9.17, 15) is 4.79 Å². The number of carbonyl (C=O) groups excluding carboxylic acids is 1. The molecule has 0 fully saturated rings. The minimum absolute atomic E-state index is 0.135. The van der Waals surface area contributed by atoms with Gasteiger partial charge in [-0.15, -0.1) is 11.3 Å². The number of hydrogen-bond acceptors (Lipinski definition) is 4. The van der Waals surface area contributed by atoms with Gasteiger partial charge in [-0.3, -0.25) is 4.79 Å². The van der Waals surface area contributed by atoms with Crippen molar-refractivity contribution in [3.05, 3.63) is 16.4 Å². The van der Waals surface area contributed by atoms with E-state index in [4.69, 9.17) is 0 Å². The number of hydrogen-bond donors (Lipinski definition) is 0. The van der Waals surface area contributed by atoms with E-state index in [0.717, 1.165) is 4.96 Å². The highest BCUT2D eigenvalue weighted by Gasteiger charge is 2.20. The molecule has 80 valence electrons. The van der Waals surface area contributed by atoms with Crippen LogP contribution in [0.5, 0.6) is 0 Å². The van der Waals surface area contributed by atoms with E-state index < -0.39 is 5.41 Å². The van der Waals surface area contributed by atoms with Gasteiger partial charge >= 0.3 is 0 Å². The van der Waals surface area contributed by atoms with Crippen molar-refractivity contribution in [3.8, 4) is 0 Å². The van der Waals surface area contributed by atoms with E-state index in [2.05, 4.69) is 9.98 Å². The van der Waals surface area contributed by atoms with E-state index in [0.29, 0.717) is 4.80 Å². The van der Waals surface area contributed by atoms with Gasteiger partial charge in [0.05, 0.1) is 0 Å². The van der Waals surface area contributed by atoms with Crippen LogP contribution in [-0.4, -0.2) is 14.7 Å². The lowest BCUT2D eigenvalue weighted by Crippen LogP contribution is -2.20. The Kier molecular flexibility index (Phi) is 2.47. The molecule has 15 heavy (non-hydrogen) atoms. The molecule has 0 radical (unpaired) electrons. The van der Waals surface area contributed by atoms with Crippen molar-refractivity contribution in [2.24, 2.45) is 10.4 Å². The molecule has 0 aliphatic rings. The summed E-state index contributed by atoms with van der Waals surface area (Å²) in [5, 5.41) is 1.95. The summed E-state index contributed by atoms with van der Waals surface area (Å²) in [6.07, 6.45) is 1.91. The topological polar surface area (TPSA) is 46.7 Å². The molecule has 0 aliphatic carbocycles. The van der Waals surface area contributed by atoms with Crippen molar-refractivity contribution in [3.63, 3.8) is 0 Å². The zero-order valence-corrected chi connectivity index (χ0v) is 10.4. The van der Waals surface area contributed by atoms with Gasteiger partial charge in [-0.05, 0) is 11.5 Å². The minimum Gasteiger partial charge on any atom is -0.272 e. The average molecular weight is 241 g/mol. The molecule has 0 atom stereocenters. The molecule has 0 saturated carbocycles. The standard InChI is InChI=1S/C9H11N3OS2/c1-9(2,3)6(13)10-7-11-8-12(15-7)4-5-14-8/h4-5H,1-3H3. The number of amides is 1. The van der Waals surface area contributed by atoms with E-state index in [1.807, 2.05) is 36.1 Å².